The first-order chi connectivity index (χ1) is 9.93. The first-order valence-corrected chi connectivity index (χ1v) is 8.98. The summed E-state index contributed by atoms with van der Waals surface area (Å²) in [6.45, 7) is 0.712. The van der Waals surface area contributed by atoms with Gasteiger partial charge in [-0.2, -0.15) is 13.2 Å². The zero-order chi connectivity index (χ0) is 15.5. The summed E-state index contributed by atoms with van der Waals surface area (Å²) >= 11 is 3.41. The van der Waals surface area contributed by atoms with Crippen molar-refractivity contribution < 1.29 is 18.0 Å². The number of likely N-dealkylation sites (tertiary alicyclic amines) is 1. The Hall–Kier alpha value is -0.260. The third-order valence-corrected chi connectivity index (χ3v) is 5.30. The van der Waals surface area contributed by atoms with Crippen molar-refractivity contribution in [3.8, 4) is 0 Å². The maximum atomic E-state index is 12.9. The van der Waals surface area contributed by atoms with E-state index in [1.165, 1.54) is 0 Å². The van der Waals surface area contributed by atoms with Gasteiger partial charge in [0, 0.05) is 23.8 Å². The van der Waals surface area contributed by atoms with Gasteiger partial charge < -0.3 is 4.90 Å². The van der Waals surface area contributed by atoms with Crippen LogP contribution in [0.5, 0.6) is 0 Å². The van der Waals surface area contributed by atoms with E-state index in [-0.39, 0.29) is 24.8 Å². The minimum Gasteiger partial charge on any atom is -0.339 e. The number of amides is 1. The highest BCUT2D eigenvalue weighted by Crippen LogP contribution is 2.41. The van der Waals surface area contributed by atoms with Crippen molar-refractivity contribution in [2.45, 2.75) is 63.6 Å². The van der Waals surface area contributed by atoms with E-state index >= 15 is 0 Å². The molecule has 1 aliphatic heterocycles. The van der Waals surface area contributed by atoms with E-state index in [1.54, 1.807) is 0 Å². The van der Waals surface area contributed by atoms with E-state index in [4.69, 9.17) is 0 Å². The number of halogens is 4. The van der Waals surface area contributed by atoms with E-state index in [1.807, 2.05) is 4.90 Å². The molecule has 1 saturated heterocycles. The highest BCUT2D eigenvalue weighted by Gasteiger charge is 2.44. The fourth-order valence-corrected chi connectivity index (χ4v) is 4.19. The zero-order valence-corrected chi connectivity index (χ0v) is 13.8. The van der Waals surface area contributed by atoms with Crippen molar-refractivity contribution >= 4 is 21.8 Å². The van der Waals surface area contributed by atoms with E-state index in [0.29, 0.717) is 19.4 Å². The molecule has 1 amide bonds. The number of hydrogen-bond donors (Lipinski definition) is 0. The molecule has 0 aromatic rings. The van der Waals surface area contributed by atoms with Crippen molar-refractivity contribution in [2.24, 2.45) is 11.8 Å². The average Bonchev–Trinajstić information content (AvgIpc) is 2.47. The van der Waals surface area contributed by atoms with E-state index < -0.39 is 18.0 Å². The molecule has 0 spiro atoms. The zero-order valence-electron chi connectivity index (χ0n) is 12.2. The molecule has 21 heavy (non-hydrogen) atoms. The smallest absolute Gasteiger partial charge is 0.339 e. The molecule has 1 saturated carbocycles. The van der Waals surface area contributed by atoms with Crippen molar-refractivity contribution in [1.29, 1.82) is 0 Å². The van der Waals surface area contributed by atoms with Crippen LogP contribution in [-0.4, -0.2) is 34.9 Å². The number of rotatable bonds is 3. The van der Waals surface area contributed by atoms with Crippen LogP contribution in [0.4, 0.5) is 13.2 Å². The molecule has 3 unspecified atom stereocenters. The maximum absolute atomic E-state index is 12.9. The average molecular weight is 370 g/mol. The highest BCUT2D eigenvalue weighted by atomic mass is 79.9. The van der Waals surface area contributed by atoms with Crippen LogP contribution >= 0.6 is 15.9 Å². The second kappa shape index (κ2) is 7.34. The van der Waals surface area contributed by atoms with Crippen LogP contribution in [0.25, 0.3) is 0 Å². The third-order valence-electron chi connectivity index (χ3n) is 4.84. The molecule has 1 aliphatic carbocycles. The lowest BCUT2D eigenvalue weighted by Gasteiger charge is -2.39. The fourth-order valence-electron chi connectivity index (χ4n) is 3.66. The van der Waals surface area contributed by atoms with Gasteiger partial charge in [0.2, 0.25) is 5.91 Å². The van der Waals surface area contributed by atoms with Crippen molar-refractivity contribution in [2.75, 3.05) is 11.9 Å². The second-order valence-corrected chi connectivity index (χ2v) is 7.05. The molecule has 0 N–H and O–H groups in total. The van der Waals surface area contributed by atoms with Crippen molar-refractivity contribution in [3.05, 3.63) is 0 Å². The second-order valence-electron chi connectivity index (χ2n) is 6.26. The van der Waals surface area contributed by atoms with E-state index in [2.05, 4.69) is 15.9 Å². The van der Waals surface area contributed by atoms with Gasteiger partial charge in [-0.3, -0.25) is 4.79 Å². The van der Waals surface area contributed by atoms with Gasteiger partial charge in [-0.05, 0) is 44.9 Å². The summed E-state index contributed by atoms with van der Waals surface area (Å²) in [6, 6.07) is 0.205. The summed E-state index contributed by atoms with van der Waals surface area (Å²) in [7, 11) is 0. The Balaban J connectivity index is 2.00. The number of nitrogens with zero attached hydrogens (tertiary/aromatic N) is 1. The number of carbonyl (C=O) groups is 1. The molecule has 122 valence electrons. The Morgan fingerprint density at radius 3 is 2.57 bits per heavy atom. The first-order valence-electron chi connectivity index (χ1n) is 7.86. The SMILES string of the molecule is O=C(C1CCCC(C(F)(F)F)C1)N1CCCCC1CCBr. The maximum Gasteiger partial charge on any atom is 0.391 e. The van der Waals surface area contributed by atoms with Crippen LogP contribution in [0.15, 0.2) is 0 Å². The van der Waals surface area contributed by atoms with Gasteiger partial charge in [0.15, 0.2) is 0 Å². The Morgan fingerprint density at radius 2 is 1.90 bits per heavy atom. The summed E-state index contributed by atoms with van der Waals surface area (Å²) in [5.74, 6) is -1.75. The highest BCUT2D eigenvalue weighted by molar-refractivity contribution is 9.09. The molecular formula is C15H23BrF3NO. The molecule has 0 aromatic heterocycles. The third kappa shape index (κ3) is 4.36. The molecule has 0 aromatic carbocycles. The quantitative estimate of drug-likeness (QED) is 0.669. The minimum atomic E-state index is -4.16. The lowest BCUT2D eigenvalue weighted by molar-refractivity contribution is -0.187. The molecule has 0 bridgehead atoms. The van der Waals surface area contributed by atoms with Gasteiger partial charge in [-0.15, -0.1) is 0 Å². The van der Waals surface area contributed by atoms with Crippen molar-refractivity contribution in [3.63, 3.8) is 0 Å². The van der Waals surface area contributed by atoms with Crippen molar-refractivity contribution in [1.82, 2.24) is 4.90 Å². The van der Waals surface area contributed by atoms with Crippen LogP contribution in [-0.2, 0) is 4.79 Å². The molecule has 2 aliphatic rings. The standard InChI is InChI=1S/C15H23BrF3NO/c16-8-7-13-6-1-2-9-20(13)14(21)11-4-3-5-12(10-11)15(17,18)19/h11-13H,1-10H2. The Kier molecular flexibility index (Phi) is 5.97. The molecule has 2 rings (SSSR count). The van der Waals surface area contributed by atoms with E-state index in [0.717, 1.165) is 31.0 Å². The fraction of sp³-hybridized carbons (Fsp3) is 0.933. The predicted octanol–water partition coefficient (Wildman–Crippen LogP) is 4.52. The van der Waals surface area contributed by atoms with Gasteiger partial charge >= 0.3 is 6.18 Å². The summed E-state index contributed by atoms with van der Waals surface area (Å²) in [4.78, 5) is 14.5. The molecule has 3 atom stereocenters. The molecule has 2 nitrogen and oxygen atoms in total. The number of carbonyl (C=O) groups excluding carboxylic acids is 1. The normalized spacial score (nSPS) is 31.2. The predicted molar refractivity (Wildman–Crippen MR) is 79.3 cm³/mol. The van der Waals surface area contributed by atoms with Crippen LogP contribution in [0.2, 0.25) is 0 Å². The molecule has 6 heteroatoms. The topological polar surface area (TPSA) is 20.3 Å². The van der Waals surface area contributed by atoms with Gasteiger partial charge in [-0.1, -0.05) is 22.4 Å². The van der Waals surface area contributed by atoms with Crippen LogP contribution in [0.3, 0.4) is 0 Å². The summed E-state index contributed by atoms with van der Waals surface area (Å²) in [6.07, 6.45) is 1.08. The number of hydrogen-bond acceptors (Lipinski definition) is 1. The Morgan fingerprint density at radius 1 is 1.14 bits per heavy atom. The van der Waals surface area contributed by atoms with Crippen LogP contribution in [0.1, 0.15) is 51.4 Å². The summed E-state index contributed by atoms with van der Waals surface area (Å²) in [5, 5.41) is 0.831. The molecule has 1 heterocycles. The Bertz CT molecular complexity index is 359. The molecular weight excluding hydrogens is 347 g/mol. The van der Waals surface area contributed by atoms with Gasteiger partial charge in [0.25, 0.3) is 0 Å². The Labute approximate surface area is 132 Å². The van der Waals surface area contributed by atoms with Gasteiger partial charge in [0.1, 0.15) is 0 Å². The number of alkyl halides is 4. The first kappa shape index (κ1) is 17.1. The van der Waals surface area contributed by atoms with Crippen LogP contribution < -0.4 is 0 Å². The van der Waals surface area contributed by atoms with Gasteiger partial charge in [0.05, 0.1) is 5.92 Å². The molecule has 0 radical (unpaired) electrons. The molecule has 2 fully saturated rings. The monoisotopic (exact) mass is 369 g/mol. The van der Waals surface area contributed by atoms with E-state index in [9.17, 15) is 18.0 Å². The summed E-state index contributed by atoms with van der Waals surface area (Å²) < 4.78 is 38.7. The van der Waals surface area contributed by atoms with Crippen LogP contribution in [0, 0.1) is 11.8 Å². The number of piperidine rings is 1. The van der Waals surface area contributed by atoms with Gasteiger partial charge in [-0.25, -0.2) is 0 Å². The summed E-state index contributed by atoms with van der Waals surface area (Å²) in [5.41, 5.74) is 0. The lowest BCUT2D eigenvalue weighted by atomic mass is 9.80. The minimum absolute atomic E-state index is 0.0140. The lowest BCUT2D eigenvalue weighted by Crippen LogP contribution is -2.48. The largest absolute Gasteiger partial charge is 0.391 e.